The van der Waals surface area contributed by atoms with E-state index in [1.807, 2.05) is 23.9 Å². The van der Waals surface area contributed by atoms with Gasteiger partial charge in [0.15, 0.2) is 0 Å². The number of halogens is 1. The number of ether oxygens (including phenoxy) is 1. The van der Waals surface area contributed by atoms with E-state index in [0.717, 1.165) is 22.7 Å². The summed E-state index contributed by atoms with van der Waals surface area (Å²) in [4.78, 5) is 5.60. The molecule has 112 valence electrons. The normalized spacial score (nSPS) is 12.1. The minimum atomic E-state index is 0.219. The highest BCUT2D eigenvalue weighted by Gasteiger charge is 2.06. The second kappa shape index (κ2) is 8.41. The molecule has 1 aromatic heterocycles. The van der Waals surface area contributed by atoms with Crippen LogP contribution in [0.2, 0.25) is 0 Å². The largest absolute Gasteiger partial charge is 0.384 e. The van der Waals surface area contributed by atoms with E-state index in [0.29, 0.717) is 0 Å². The minimum Gasteiger partial charge on any atom is -0.384 e. The van der Waals surface area contributed by atoms with Crippen molar-refractivity contribution in [3.8, 4) is 0 Å². The molecule has 0 radical (unpaired) electrons. The van der Waals surface area contributed by atoms with E-state index in [1.165, 1.54) is 10.5 Å². The standard InChI is InChI=1S/C16H19BrN2OS/c1-12(19-16-8-5-14(17)11-18-16)13-3-6-15(7-4-13)21-10-9-20-2/h3-8,11-12H,9-10H2,1-2H3,(H,18,19). The number of aromatic nitrogens is 1. The Morgan fingerprint density at radius 1 is 1.24 bits per heavy atom. The molecule has 3 nitrogen and oxygen atoms in total. The average Bonchev–Trinajstić information content (AvgIpc) is 2.50. The summed E-state index contributed by atoms with van der Waals surface area (Å²) >= 11 is 5.20. The highest BCUT2D eigenvalue weighted by Crippen LogP contribution is 2.23. The Labute approximate surface area is 138 Å². The van der Waals surface area contributed by atoms with Crippen LogP contribution in [0.1, 0.15) is 18.5 Å². The topological polar surface area (TPSA) is 34.1 Å². The summed E-state index contributed by atoms with van der Waals surface area (Å²) in [6.07, 6.45) is 1.80. The number of rotatable bonds is 7. The van der Waals surface area contributed by atoms with Gasteiger partial charge in [-0.15, -0.1) is 11.8 Å². The Morgan fingerprint density at radius 2 is 2.00 bits per heavy atom. The molecule has 1 unspecified atom stereocenters. The lowest BCUT2D eigenvalue weighted by atomic mass is 10.1. The van der Waals surface area contributed by atoms with E-state index in [2.05, 4.69) is 57.4 Å². The first-order chi connectivity index (χ1) is 10.2. The summed E-state index contributed by atoms with van der Waals surface area (Å²) < 4.78 is 6.04. The molecule has 1 N–H and O–H groups in total. The summed E-state index contributed by atoms with van der Waals surface area (Å²) in [7, 11) is 1.73. The van der Waals surface area contributed by atoms with Gasteiger partial charge in [-0.2, -0.15) is 0 Å². The molecule has 0 saturated heterocycles. The monoisotopic (exact) mass is 366 g/mol. The molecule has 1 heterocycles. The predicted octanol–water partition coefficient (Wildman–Crippen LogP) is 4.76. The Morgan fingerprint density at radius 3 is 2.62 bits per heavy atom. The van der Waals surface area contributed by atoms with Crippen molar-refractivity contribution >= 4 is 33.5 Å². The van der Waals surface area contributed by atoms with Gasteiger partial charge in [-0.1, -0.05) is 12.1 Å². The van der Waals surface area contributed by atoms with Gasteiger partial charge in [0.05, 0.1) is 6.61 Å². The van der Waals surface area contributed by atoms with Crippen LogP contribution in [0.5, 0.6) is 0 Å². The number of nitrogens with one attached hydrogen (secondary N) is 1. The van der Waals surface area contributed by atoms with Gasteiger partial charge in [-0.05, 0) is 52.7 Å². The smallest absolute Gasteiger partial charge is 0.126 e. The third kappa shape index (κ3) is 5.34. The van der Waals surface area contributed by atoms with Gasteiger partial charge in [-0.25, -0.2) is 4.98 Å². The van der Waals surface area contributed by atoms with Crippen LogP contribution in [-0.2, 0) is 4.74 Å². The van der Waals surface area contributed by atoms with Gasteiger partial charge in [0.25, 0.3) is 0 Å². The fourth-order valence-electron chi connectivity index (χ4n) is 1.86. The van der Waals surface area contributed by atoms with E-state index in [9.17, 15) is 0 Å². The van der Waals surface area contributed by atoms with Gasteiger partial charge in [0, 0.05) is 34.5 Å². The van der Waals surface area contributed by atoms with Crippen molar-refractivity contribution in [1.29, 1.82) is 0 Å². The molecular weight excluding hydrogens is 348 g/mol. The van der Waals surface area contributed by atoms with Crippen LogP contribution < -0.4 is 5.32 Å². The average molecular weight is 367 g/mol. The van der Waals surface area contributed by atoms with Gasteiger partial charge >= 0.3 is 0 Å². The van der Waals surface area contributed by atoms with Crippen molar-refractivity contribution in [2.75, 3.05) is 24.8 Å². The van der Waals surface area contributed by atoms with Crippen molar-refractivity contribution in [3.05, 3.63) is 52.6 Å². The third-order valence-corrected chi connectivity index (χ3v) is 4.47. The first kappa shape index (κ1) is 16.3. The van der Waals surface area contributed by atoms with Gasteiger partial charge in [-0.3, -0.25) is 0 Å². The van der Waals surface area contributed by atoms with E-state index >= 15 is 0 Å². The number of nitrogens with zero attached hydrogens (tertiary/aromatic N) is 1. The molecule has 21 heavy (non-hydrogen) atoms. The maximum Gasteiger partial charge on any atom is 0.126 e. The first-order valence-corrected chi connectivity index (χ1v) is 8.56. The lowest BCUT2D eigenvalue weighted by Crippen LogP contribution is -2.07. The molecule has 0 bridgehead atoms. The van der Waals surface area contributed by atoms with Crippen molar-refractivity contribution in [1.82, 2.24) is 4.98 Å². The lowest BCUT2D eigenvalue weighted by molar-refractivity contribution is 0.218. The Balaban J connectivity index is 1.93. The highest BCUT2D eigenvalue weighted by molar-refractivity contribution is 9.10. The zero-order valence-corrected chi connectivity index (χ0v) is 14.6. The summed E-state index contributed by atoms with van der Waals surface area (Å²) in [5.41, 5.74) is 1.25. The van der Waals surface area contributed by atoms with Crippen molar-refractivity contribution in [2.24, 2.45) is 0 Å². The number of anilines is 1. The molecule has 0 spiro atoms. The van der Waals surface area contributed by atoms with Crippen LogP contribution in [-0.4, -0.2) is 24.5 Å². The fourth-order valence-corrected chi connectivity index (χ4v) is 2.91. The molecule has 2 aromatic rings. The number of hydrogen-bond acceptors (Lipinski definition) is 4. The van der Waals surface area contributed by atoms with Gasteiger partial charge in [0.2, 0.25) is 0 Å². The second-order valence-electron chi connectivity index (χ2n) is 4.64. The lowest BCUT2D eigenvalue weighted by Gasteiger charge is -2.15. The zero-order valence-electron chi connectivity index (χ0n) is 12.2. The molecule has 1 atom stereocenters. The Kier molecular flexibility index (Phi) is 6.54. The molecule has 2 rings (SSSR count). The molecule has 0 fully saturated rings. The summed E-state index contributed by atoms with van der Waals surface area (Å²) in [5.74, 6) is 1.86. The molecule has 0 amide bonds. The fraction of sp³-hybridized carbons (Fsp3) is 0.312. The molecule has 0 saturated carbocycles. The number of methoxy groups -OCH3 is 1. The van der Waals surface area contributed by atoms with Crippen molar-refractivity contribution in [2.45, 2.75) is 17.9 Å². The molecule has 0 aliphatic carbocycles. The highest BCUT2D eigenvalue weighted by atomic mass is 79.9. The molecule has 0 aliphatic heterocycles. The Bertz CT molecular complexity index is 545. The van der Waals surface area contributed by atoms with Crippen LogP contribution >= 0.6 is 27.7 Å². The number of thioether (sulfide) groups is 1. The summed E-state index contributed by atoms with van der Waals surface area (Å²) in [6.45, 7) is 2.91. The quantitative estimate of drug-likeness (QED) is 0.565. The van der Waals surface area contributed by atoms with Crippen LogP contribution in [0.4, 0.5) is 5.82 Å². The van der Waals surface area contributed by atoms with Crippen molar-refractivity contribution < 1.29 is 4.74 Å². The zero-order chi connectivity index (χ0) is 15.1. The molecular formula is C16H19BrN2OS. The maximum absolute atomic E-state index is 5.06. The second-order valence-corrected chi connectivity index (χ2v) is 6.72. The molecule has 0 aliphatic rings. The maximum atomic E-state index is 5.06. The Hall–Kier alpha value is -1.04. The van der Waals surface area contributed by atoms with Crippen LogP contribution in [0.25, 0.3) is 0 Å². The van der Waals surface area contributed by atoms with E-state index in [1.54, 1.807) is 13.3 Å². The third-order valence-electron chi connectivity index (χ3n) is 3.03. The number of benzene rings is 1. The number of hydrogen-bond donors (Lipinski definition) is 1. The van der Waals surface area contributed by atoms with E-state index in [-0.39, 0.29) is 6.04 Å². The van der Waals surface area contributed by atoms with E-state index in [4.69, 9.17) is 4.74 Å². The predicted molar refractivity (Wildman–Crippen MR) is 93.0 cm³/mol. The number of pyridine rings is 1. The first-order valence-electron chi connectivity index (χ1n) is 6.79. The van der Waals surface area contributed by atoms with Crippen LogP contribution in [0.3, 0.4) is 0 Å². The van der Waals surface area contributed by atoms with Crippen molar-refractivity contribution in [3.63, 3.8) is 0 Å². The van der Waals surface area contributed by atoms with Crippen LogP contribution in [0, 0.1) is 0 Å². The SMILES string of the molecule is COCCSc1ccc(C(C)Nc2ccc(Br)cn2)cc1. The summed E-state index contributed by atoms with van der Waals surface area (Å²) in [5, 5.41) is 3.40. The minimum absolute atomic E-state index is 0.219. The van der Waals surface area contributed by atoms with Crippen LogP contribution in [0.15, 0.2) is 52.0 Å². The van der Waals surface area contributed by atoms with Gasteiger partial charge in [0.1, 0.15) is 5.82 Å². The molecule has 1 aromatic carbocycles. The summed E-state index contributed by atoms with van der Waals surface area (Å²) in [6, 6.07) is 12.8. The molecule has 5 heteroatoms. The van der Waals surface area contributed by atoms with E-state index < -0.39 is 0 Å². The van der Waals surface area contributed by atoms with Gasteiger partial charge < -0.3 is 10.1 Å².